The van der Waals surface area contributed by atoms with Crippen LogP contribution in [0.4, 0.5) is 0 Å². The number of hydrogen-bond donors (Lipinski definition) is 0. The molecule has 2 fully saturated rings. The van der Waals surface area contributed by atoms with Crippen molar-refractivity contribution in [3.63, 3.8) is 0 Å². The molecular weight excluding hydrogens is 240 g/mol. The summed E-state index contributed by atoms with van der Waals surface area (Å²) >= 11 is 0. The van der Waals surface area contributed by atoms with Crippen LogP contribution in [0, 0.1) is 16.7 Å². The molecule has 0 aromatic rings. The average Bonchev–Trinajstić information content (AvgIpc) is 2.36. The Morgan fingerprint density at radius 2 is 1.89 bits per heavy atom. The lowest BCUT2D eigenvalue weighted by Crippen LogP contribution is -2.55. The Morgan fingerprint density at radius 1 is 1.26 bits per heavy atom. The number of nitrogens with zero attached hydrogens (tertiary/aromatic N) is 4. The minimum absolute atomic E-state index is 0.0773. The summed E-state index contributed by atoms with van der Waals surface area (Å²) in [4.78, 5) is 18.8. The van der Waals surface area contributed by atoms with Gasteiger partial charge in [-0.05, 0) is 33.4 Å². The average molecular weight is 264 g/mol. The molecule has 0 N–H and O–H groups in total. The Bertz CT molecular complexity index is 362. The molecule has 1 aliphatic carbocycles. The number of likely N-dealkylation sites (N-methyl/N-ethyl adjacent to an activating group) is 1. The number of rotatable bonds is 4. The van der Waals surface area contributed by atoms with Crippen molar-refractivity contribution in [3.05, 3.63) is 0 Å². The van der Waals surface area contributed by atoms with Crippen LogP contribution in [0.1, 0.15) is 19.3 Å². The molecule has 1 amide bonds. The Balaban J connectivity index is 1.80. The van der Waals surface area contributed by atoms with Gasteiger partial charge in [-0.25, -0.2) is 0 Å². The van der Waals surface area contributed by atoms with Crippen molar-refractivity contribution in [1.82, 2.24) is 14.7 Å². The number of piperazine rings is 1. The first-order valence-electron chi connectivity index (χ1n) is 7.15. The smallest absolute Gasteiger partial charge is 0.243 e. The van der Waals surface area contributed by atoms with Gasteiger partial charge < -0.3 is 9.80 Å². The summed E-state index contributed by atoms with van der Waals surface area (Å²) in [7, 11) is 4.15. The van der Waals surface area contributed by atoms with E-state index in [1.165, 1.54) is 0 Å². The maximum absolute atomic E-state index is 12.4. The van der Waals surface area contributed by atoms with Crippen LogP contribution < -0.4 is 0 Å². The highest BCUT2D eigenvalue weighted by molar-refractivity contribution is 5.86. The maximum Gasteiger partial charge on any atom is 0.243 e. The Hall–Kier alpha value is -1.12. The van der Waals surface area contributed by atoms with Crippen LogP contribution in [0.15, 0.2) is 0 Å². The third kappa shape index (κ3) is 3.07. The molecule has 2 aliphatic rings. The first kappa shape index (κ1) is 14.3. The van der Waals surface area contributed by atoms with E-state index in [0.29, 0.717) is 0 Å². The maximum atomic E-state index is 12.4. The summed E-state index contributed by atoms with van der Waals surface area (Å²) < 4.78 is 0. The fraction of sp³-hybridized carbons (Fsp3) is 0.857. The number of amides is 1. The molecule has 0 aromatic heterocycles. The van der Waals surface area contributed by atoms with Crippen molar-refractivity contribution >= 4 is 5.91 Å². The molecule has 5 nitrogen and oxygen atoms in total. The SMILES string of the molecule is CN(C)CCN1CCN(C(=O)C2(C#N)CCC2)CC1. The molecule has 0 spiro atoms. The molecule has 2 rings (SSSR count). The molecule has 1 saturated heterocycles. The van der Waals surface area contributed by atoms with Gasteiger partial charge in [-0.3, -0.25) is 9.69 Å². The van der Waals surface area contributed by atoms with Gasteiger partial charge in [0, 0.05) is 39.3 Å². The summed E-state index contributed by atoms with van der Waals surface area (Å²) in [5, 5.41) is 9.22. The summed E-state index contributed by atoms with van der Waals surface area (Å²) in [5.41, 5.74) is -0.675. The zero-order chi connectivity index (χ0) is 13.9. The molecule has 0 aromatic carbocycles. The first-order valence-corrected chi connectivity index (χ1v) is 7.15. The highest BCUT2D eigenvalue weighted by atomic mass is 16.2. The molecule has 0 unspecified atom stereocenters. The van der Waals surface area contributed by atoms with Crippen LogP contribution in [0.5, 0.6) is 0 Å². The molecule has 0 atom stereocenters. The van der Waals surface area contributed by atoms with Gasteiger partial charge in [0.15, 0.2) is 0 Å². The molecule has 0 bridgehead atoms. The van der Waals surface area contributed by atoms with Crippen molar-refractivity contribution in [1.29, 1.82) is 5.26 Å². The number of hydrogen-bond acceptors (Lipinski definition) is 4. The Kier molecular flexibility index (Phi) is 4.43. The van der Waals surface area contributed by atoms with Gasteiger partial charge in [-0.2, -0.15) is 5.26 Å². The number of carbonyl (C=O) groups excluding carboxylic acids is 1. The van der Waals surface area contributed by atoms with Crippen LogP contribution in [0.3, 0.4) is 0 Å². The lowest BCUT2D eigenvalue weighted by Gasteiger charge is -2.42. The predicted octanol–water partition coefficient (Wildman–Crippen LogP) is 0.386. The fourth-order valence-corrected chi connectivity index (χ4v) is 2.72. The predicted molar refractivity (Wildman–Crippen MR) is 73.5 cm³/mol. The summed E-state index contributed by atoms with van der Waals surface area (Å²) in [6, 6.07) is 2.25. The lowest BCUT2D eigenvalue weighted by atomic mass is 9.69. The van der Waals surface area contributed by atoms with Crippen molar-refractivity contribution in [2.45, 2.75) is 19.3 Å². The van der Waals surface area contributed by atoms with Gasteiger partial charge >= 0.3 is 0 Å². The second-order valence-electron chi connectivity index (χ2n) is 5.98. The van der Waals surface area contributed by atoms with Crippen LogP contribution in [0.25, 0.3) is 0 Å². The standard InChI is InChI=1S/C14H24N4O/c1-16(2)6-7-17-8-10-18(11-9-17)13(19)14(12-15)4-3-5-14/h3-11H2,1-2H3. The van der Waals surface area contributed by atoms with E-state index in [1.807, 2.05) is 4.90 Å². The monoisotopic (exact) mass is 264 g/mol. The van der Waals surface area contributed by atoms with E-state index in [4.69, 9.17) is 0 Å². The molecule has 106 valence electrons. The van der Waals surface area contributed by atoms with E-state index in [9.17, 15) is 10.1 Å². The van der Waals surface area contributed by atoms with E-state index in [2.05, 4.69) is 30.0 Å². The topological polar surface area (TPSA) is 50.6 Å². The van der Waals surface area contributed by atoms with Crippen molar-refractivity contribution in [3.8, 4) is 6.07 Å². The quantitative estimate of drug-likeness (QED) is 0.737. The van der Waals surface area contributed by atoms with E-state index >= 15 is 0 Å². The first-order chi connectivity index (χ1) is 9.07. The van der Waals surface area contributed by atoms with Crippen molar-refractivity contribution < 1.29 is 4.79 Å². The third-order valence-corrected chi connectivity index (χ3v) is 4.35. The number of nitriles is 1. The van der Waals surface area contributed by atoms with Gasteiger partial charge in [0.1, 0.15) is 5.41 Å². The Labute approximate surface area is 115 Å². The van der Waals surface area contributed by atoms with Gasteiger partial charge in [-0.15, -0.1) is 0 Å². The van der Waals surface area contributed by atoms with E-state index in [1.54, 1.807) is 0 Å². The normalized spacial score (nSPS) is 22.9. The zero-order valence-electron chi connectivity index (χ0n) is 12.1. The van der Waals surface area contributed by atoms with Crippen LogP contribution in [0.2, 0.25) is 0 Å². The summed E-state index contributed by atoms with van der Waals surface area (Å²) in [6.07, 6.45) is 2.52. The molecule has 1 saturated carbocycles. The van der Waals surface area contributed by atoms with Crippen LogP contribution in [-0.4, -0.2) is 74.0 Å². The lowest BCUT2D eigenvalue weighted by molar-refractivity contribution is -0.144. The van der Waals surface area contributed by atoms with Gasteiger partial charge in [0.25, 0.3) is 0 Å². The van der Waals surface area contributed by atoms with E-state index < -0.39 is 5.41 Å². The summed E-state index contributed by atoms with van der Waals surface area (Å²) in [6.45, 7) is 5.52. The molecule has 0 radical (unpaired) electrons. The fourth-order valence-electron chi connectivity index (χ4n) is 2.72. The van der Waals surface area contributed by atoms with Crippen molar-refractivity contribution in [2.24, 2.45) is 5.41 Å². The minimum Gasteiger partial charge on any atom is -0.339 e. The second-order valence-corrected chi connectivity index (χ2v) is 5.98. The second kappa shape index (κ2) is 5.89. The van der Waals surface area contributed by atoms with E-state index in [0.717, 1.165) is 58.5 Å². The molecule has 1 heterocycles. The summed E-state index contributed by atoms with van der Waals surface area (Å²) in [5.74, 6) is 0.0773. The van der Waals surface area contributed by atoms with Crippen molar-refractivity contribution in [2.75, 3.05) is 53.4 Å². The minimum atomic E-state index is -0.675. The molecular formula is C14H24N4O. The molecule has 1 aliphatic heterocycles. The number of carbonyl (C=O) groups is 1. The molecule has 5 heteroatoms. The van der Waals surface area contributed by atoms with Gasteiger partial charge in [0.2, 0.25) is 5.91 Å². The largest absolute Gasteiger partial charge is 0.339 e. The van der Waals surface area contributed by atoms with Gasteiger partial charge in [0.05, 0.1) is 6.07 Å². The van der Waals surface area contributed by atoms with Crippen LogP contribution >= 0.6 is 0 Å². The van der Waals surface area contributed by atoms with Gasteiger partial charge in [-0.1, -0.05) is 0 Å². The zero-order valence-corrected chi connectivity index (χ0v) is 12.1. The van der Waals surface area contributed by atoms with E-state index in [-0.39, 0.29) is 5.91 Å². The van der Waals surface area contributed by atoms with Crippen LogP contribution in [-0.2, 0) is 4.79 Å². The highest BCUT2D eigenvalue weighted by Crippen LogP contribution is 2.41. The highest BCUT2D eigenvalue weighted by Gasteiger charge is 2.47. The third-order valence-electron chi connectivity index (χ3n) is 4.35. The molecule has 19 heavy (non-hydrogen) atoms. The Morgan fingerprint density at radius 3 is 2.32 bits per heavy atom.